The molecular formula is C25H33NO5. The van der Waals surface area contributed by atoms with Crippen LogP contribution in [0, 0.1) is 5.92 Å². The first-order chi connectivity index (χ1) is 15.1. The molecule has 2 fully saturated rings. The number of hydrogen-bond acceptors (Lipinski definition) is 5. The summed E-state index contributed by atoms with van der Waals surface area (Å²) in [5.41, 5.74) is 1.22. The van der Waals surface area contributed by atoms with Gasteiger partial charge in [0.25, 0.3) is 0 Å². The van der Waals surface area contributed by atoms with Gasteiger partial charge >= 0.3 is 0 Å². The molecule has 168 valence electrons. The molecule has 3 unspecified atom stereocenters. The number of Topliss-reactive ketones (excluding diaryl/α,β-unsaturated/α-hetero) is 1. The number of ether oxygens (including phenoxy) is 3. The van der Waals surface area contributed by atoms with Crippen LogP contribution in [0.5, 0.6) is 5.75 Å². The average molecular weight is 428 g/mol. The van der Waals surface area contributed by atoms with E-state index in [2.05, 4.69) is 12.2 Å². The Morgan fingerprint density at radius 3 is 2.61 bits per heavy atom. The molecule has 1 aliphatic heterocycles. The van der Waals surface area contributed by atoms with Gasteiger partial charge in [-0.1, -0.05) is 38.3 Å². The molecule has 0 aromatic heterocycles. The summed E-state index contributed by atoms with van der Waals surface area (Å²) in [5.74, 6) is 0.631. The monoisotopic (exact) mass is 427 g/mol. The minimum Gasteiger partial charge on any atom is -0.493 e. The first-order valence-electron chi connectivity index (χ1n) is 11.7. The number of allylic oxidation sites excluding steroid dienone is 1. The molecule has 1 heterocycles. The van der Waals surface area contributed by atoms with E-state index >= 15 is 0 Å². The van der Waals surface area contributed by atoms with E-state index in [1.54, 1.807) is 0 Å². The first kappa shape index (κ1) is 21.9. The van der Waals surface area contributed by atoms with Crippen LogP contribution in [0.4, 0.5) is 0 Å². The number of rotatable bonds is 7. The van der Waals surface area contributed by atoms with Crippen molar-refractivity contribution in [2.75, 3.05) is 6.61 Å². The van der Waals surface area contributed by atoms with E-state index in [-0.39, 0.29) is 42.2 Å². The molecule has 1 amide bonds. The molecule has 3 atom stereocenters. The van der Waals surface area contributed by atoms with E-state index in [0.717, 1.165) is 25.7 Å². The van der Waals surface area contributed by atoms with Crippen LogP contribution in [0.2, 0.25) is 0 Å². The number of benzene rings is 1. The van der Waals surface area contributed by atoms with Crippen molar-refractivity contribution in [1.82, 2.24) is 5.32 Å². The van der Waals surface area contributed by atoms with E-state index in [0.29, 0.717) is 24.6 Å². The summed E-state index contributed by atoms with van der Waals surface area (Å²) in [7, 11) is 0. The van der Waals surface area contributed by atoms with Crippen molar-refractivity contribution in [2.24, 2.45) is 5.92 Å². The second-order valence-corrected chi connectivity index (χ2v) is 8.88. The number of carbonyl (C=O) groups excluding carboxylic acids is 2. The summed E-state index contributed by atoms with van der Waals surface area (Å²) in [6, 6.07) is 8.05. The molecule has 1 aromatic rings. The second kappa shape index (κ2) is 10.3. The molecular weight excluding hydrogens is 394 g/mol. The fourth-order valence-corrected chi connectivity index (χ4v) is 4.79. The normalized spacial score (nSPS) is 26.4. The molecule has 31 heavy (non-hydrogen) atoms. The van der Waals surface area contributed by atoms with Gasteiger partial charge in [0.15, 0.2) is 0 Å². The smallest absolute Gasteiger partial charge is 0.246 e. The Hall–Kier alpha value is -2.34. The lowest BCUT2D eigenvalue weighted by Crippen LogP contribution is -2.44. The summed E-state index contributed by atoms with van der Waals surface area (Å²) in [6.45, 7) is 2.17. The van der Waals surface area contributed by atoms with Crippen LogP contribution in [0.3, 0.4) is 0 Å². The van der Waals surface area contributed by atoms with Crippen LogP contribution in [-0.2, 0) is 25.5 Å². The Kier molecular flexibility index (Phi) is 7.28. The van der Waals surface area contributed by atoms with Crippen LogP contribution in [0.25, 0.3) is 0 Å². The van der Waals surface area contributed by atoms with Crippen LogP contribution in [-0.4, -0.2) is 36.5 Å². The topological polar surface area (TPSA) is 73.9 Å². The first-order valence-corrected chi connectivity index (χ1v) is 11.7. The van der Waals surface area contributed by atoms with Crippen molar-refractivity contribution in [2.45, 2.75) is 83.0 Å². The number of carbonyl (C=O) groups is 2. The standard InChI is InChI=1S/C25H33NO5/c1-2-17-8-10-19(11-9-17)31-23-15-30-22-14-20(12-13-21(22)25(23)28)29-16-24(27)26-18-6-4-3-5-7-18/h8-11,15,18,20-22H,2-7,12-14,16H2,1H3,(H,26,27). The van der Waals surface area contributed by atoms with Gasteiger partial charge in [-0.15, -0.1) is 0 Å². The summed E-state index contributed by atoms with van der Waals surface area (Å²) in [6.07, 6.45) is 9.91. The summed E-state index contributed by atoms with van der Waals surface area (Å²) in [4.78, 5) is 25.1. The highest BCUT2D eigenvalue weighted by Gasteiger charge is 2.41. The second-order valence-electron chi connectivity index (χ2n) is 8.88. The van der Waals surface area contributed by atoms with Gasteiger partial charge < -0.3 is 19.5 Å². The number of hydrogen-bond donors (Lipinski definition) is 1. The molecule has 6 heteroatoms. The molecule has 0 spiro atoms. The zero-order chi connectivity index (χ0) is 21.6. The Bertz CT molecular complexity index is 797. The van der Waals surface area contributed by atoms with Gasteiger partial charge in [-0.05, 0) is 49.8 Å². The number of nitrogens with one attached hydrogen (secondary N) is 1. The third-order valence-electron chi connectivity index (χ3n) is 6.65. The Balaban J connectivity index is 1.25. The lowest BCUT2D eigenvalue weighted by atomic mass is 9.80. The number of amides is 1. The molecule has 2 aliphatic carbocycles. The van der Waals surface area contributed by atoms with Gasteiger partial charge in [0.2, 0.25) is 17.4 Å². The molecule has 2 saturated carbocycles. The van der Waals surface area contributed by atoms with E-state index < -0.39 is 0 Å². The molecule has 4 rings (SSSR count). The van der Waals surface area contributed by atoms with Crippen LogP contribution < -0.4 is 10.1 Å². The summed E-state index contributed by atoms with van der Waals surface area (Å²) in [5, 5.41) is 3.08. The third-order valence-corrected chi connectivity index (χ3v) is 6.65. The fourth-order valence-electron chi connectivity index (χ4n) is 4.79. The molecule has 1 aromatic carbocycles. The van der Waals surface area contributed by atoms with Crippen molar-refractivity contribution < 1.29 is 23.8 Å². The van der Waals surface area contributed by atoms with Crippen LogP contribution in [0.15, 0.2) is 36.3 Å². The molecule has 6 nitrogen and oxygen atoms in total. The Labute approximate surface area is 184 Å². The molecule has 1 N–H and O–H groups in total. The van der Waals surface area contributed by atoms with Crippen LogP contribution >= 0.6 is 0 Å². The van der Waals surface area contributed by atoms with E-state index in [1.807, 2.05) is 24.3 Å². The Morgan fingerprint density at radius 1 is 1.10 bits per heavy atom. The molecule has 0 radical (unpaired) electrons. The predicted octanol–water partition coefficient (Wildman–Crippen LogP) is 4.07. The molecule has 3 aliphatic rings. The minimum absolute atomic E-state index is 0.00990. The van der Waals surface area contributed by atoms with Gasteiger partial charge in [0.05, 0.1) is 12.0 Å². The SMILES string of the molecule is CCc1ccc(OC2=COC3CC(OCC(=O)NC4CCCCC4)CCC3C2=O)cc1. The van der Waals surface area contributed by atoms with Gasteiger partial charge in [0.1, 0.15) is 24.7 Å². The number of fused-ring (bicyclic) bond motifs is 1. The predicted molar refractivity (Wildman–Crippen MR) is 117 cm³/mol. The molecule has 0 bridgehead atoms. The van der Waals surface area contributed by atoms with E-state index in [1.165, 1.54) is 31.1 Å². The van der Waals surface area contributed by atoms with Gasteiger partial charge in [-0.25, -0.2) is 0 Å². The maximum Gasteiger partial charge on any atom is 0.246 e. The third kappa shape index (κ3) is 5.67. The number of ketones is 1. The zero-order valence-electron chi connectivity index (χ0n) is 18.3. The summed E-state index contributed by atoms with van der Waals surface area (Å²) >= 11 is 0. The average Bonchev–Trinajstić information content (AvgIpc) is 2.80. The lowest BCUT2D eigenvalue weighted by Gasteiger charge is -2.37. The zero-order valence-corrected chi connectivity index (χ0v) is 18.3. The highest BCUT2D eigenvalue weighted by atomic mass is 16.5. The highest BCUT2D eigenvalue weighted by molar-refractivity contribution is 5.96. The van der Waals surface area contributed by atoms with Crippen molar-refractivity contribution in [3.8, 4) is 5.75 Å². The maximum atomic E-state index is 12.9. The quantitative estimate of drug-likeness (QED) is 0.710. The Morgan fingerprint density at radius 2 is 1.87 bits per heavy atom. The van der Waals surface area contributed by atoms with Gasteiger partial charge in [-0.3, -0.25) is 9.59 Å². The fraction of sp³-hybridized carbons (Fsp3) is 0.600. The number of aryl methyl sites for hydroxylation is 1. The molecule has 0 saturated heterocycles. The van der Waals surface area contributed by atoms with Gasteiger partial charge in [0, 0.05) is 12.5 Å². The van der Waals surface area contributed by atoms with Crippen LogP contribution in [0.1, 0.15) is 63.9 Å². The van der Waals surface area contributed by atoms with Crippen molar-refractivity contribution in [3.05, 3.63) is 41.9 Å². The lowest BCUT2D eigenvalue weighted by molar-refractivity contribution is -0.138. The highest BCUT2D eigenvalue weighted by Crippen LogP contribution is 2.35. The van der Waals surface area contributed by atoms with Gasteiger partial charge in [-0.2, -0.15) is 0 Å². The largest absolute Gasteiger partial charge is 0.493 e. The van der Waals surface area contributed by atoms with E-state index in [9.17, 15) is 9.59 Å². The van der Waals surface area contributed by atoms with Crippen molar-refractivity contribution >= 4 is 11.7 Å². The summed E-state index contributed by atoms with van der Waals surface area (Å²) < 4.78 is 17.5. The van der Waals surface area contributed by atoms with E-state index in [4.69, 9.17) is 14.2 Å². The van der Waals surface area contributed by atoms with Crippen molar-refractivity contribution in [3.63, 3.8) is 0 Å². The minimum atomic E-state index is -0.220. The van der Waals surface area contributed by atoms with Crippen molar-refractivity contribution in [1.29, 1.82) is 0 Å². The maximum absolute atomic E-state index is 12.9.